The first kappa shape index (κ1) is 15.2. The molecule has 0 fully saturated rings. The Morgan fingerprint density at radius 1 is 1.47 bits per heavy atom. The van der Waals surface area contributed by atoms with E-state index in [-0.39, 0.29) is 12.5 Å². The van der Waals surface area contributed by atoms with Crippen LogP contribution < -0.4 is 0 Å². The van der Waals surface area contributed by atoms with Crippen molar-refractivity contribution in [3.8, 4) is 11.8 Å². The molecule has 0 spiro atoms. The summed E-state index contributed by atoms with van der Waals surface area (Å²) in [4.78, 5) is 13.9. The lowest BCUT2D eigenvalue weighted by Crippen LogP contribution is -2.30. The van der Waals surface area contributed by atoms with Gasteiger partial charge < -0.3 is 14.7 Å². The molecule has 102 valence electrons. The Balaban J connectivity index is 3.01. The number of carbonyl (C=O) groups excluding carboxylic acids is 1. The first-order valence-electron chi connectivity index (χ1n) is 6.05. The van der Waals surface area contributed by atoms with Crippen molar-refractivity contribution in [2.24, 2.45) is 0 Å². The molecule has 1 amide bonds. The van der Waals surface area contributed by atoms with Crippen LogP contribution in [0, 0.1) is 18.8 Å². The van der Waals surface area contributed by atoms with E-state index in [1.807, 2.05) is 19.1 Å². The average molecular weight is 261 g/mol. The normalized spacial score (nSPS) is 9.68. The number of aryl methyl sites for hydroxylation is 1. The fraction of sp³-hybridized carbons (Fsp3) is 0.400. The maximum Gasteiger partial charge on any atom is 0.254 e. The van der Waals surface area contributed by atoms with E-state index in [4.69, 9.17) is 9.84 Å². The van der Waals surface area contributed by atoms with Gasteiger partial charge in [-0.15, -0.1) is 0 Å². The minimum Gasteiger partial charge on any atom is -0.384 e. The number of hydrogen-bond acceptors (Lipinski definition) is 3. The number of carbonyl (C=O) groups is 1. The highest BCUT2D eigenvalue weighted by molar-refractivity contribution is 5.96. The second-order valence-electron chi connectivity index (χ2n) is 4.23. The lowest BCUT2D eigenvalue weighted by atomic mass is 10.0. The summed E-state index contributed by atoms with van der Waals surface area (Å²) in [5.74, 6) is 5.30. The molecule has 0 aliphatic heterocycles. The highest BCUT2D eigenvalue weighted by atomic mass is 16.5. The van der Waals surface area contributed by atoms with E-state index in [0.717, 1.165) is 5.56 Å². The lowest BCUT2D eigenvalue weighted by molar-refractivity contribution is 0.0744. The molecule has 0 unspecified atom stereocenters. The van der Waals surface area contributed by atoms with Gasteiger partial charge in [0.05, 0.1) is 12.2 Å². The summed E-state index contributed by atoms with van der Waals surface area (Å²) in [6.07, 6.45) is 0. The van der Waals surface area contributed by atoms with Gasteiger partial charge >= 0.3 is 0 Å². The van der Waals surface area contributed by atoms with E-state index in [2.05, 4.69) is 11.8 Å². The van der Waals surface area contributed by atoms with Crippen molar-refractivity contribution in [1.29, 1.82) is 0 Å². The van der Waals surface area contributed by atoms with Gasteiger partial charge in [0.15, 0.2) is 0 Å². The number of likely N-dealkylation sites (N-methyl/N-ethyl adjacent to an activating group) is 1. The smallest absolute Gasteiger partial charge is 0.254 e. The number of aliphatic hydroxyl groups excluding tert-OH is 1. The van der Waals surface area contributed by atoms with Crippen LogP contribution in [0.2, 0.25) is 0 Å². The minimum absolute atomic E-state index is 0.0979. The maximum atomic E-state index is 12.3. The van der Waals surface area contributed by atoms with Crippen molar-refractivity contribution >= 4 is 5.91 Å². The van der Waals surface area contributed by atoms with Gasteiger partial charge in [-0.25, -0.2) is 0 Å². The van der Waals surface area contributed by atoms with Crippen LogP contribution in [0.3, 0.4) is 0 Å². The number of benzene rings is 1. The number of methoxy groups -OCH3 is 1. The Kier molecular flexibility index (Phi) is 6.07. The van der Waals surface area contributed by atoms with Gasteiger partial charge in [-0.3, -0.25) is 4.79 Å². The zero-order valence-electron chi connectivity index (χ0n) is 11.6. The van der Waals surface area contributed by atoms with Gasteiger partial charge in [-0.1, -0.05) is 17.9 Å². The third-order valence-electron chi connectivity index (χ3n) is 2.69. The van der Waals surface area contributed by atoms with Crippen molar-refractivity contribution in [3.05, 3.63) is 34.9 Å². The number of nitrogens with zero attached hydrogens (tertiary/aromatic N) is 1. The molecule has 0 saturated heterocycles. The first-order valence-corrected chi connectivity index (χ1v) is 6.05. The van der Waals surface area contributed by atoms with Crippen LogP contribution >= 0.6 is 0 Å². The topological polar surface area (TPSA) is 49.8 Å². The van der Waals surface area contributed by atoms with Crippen molar-refractivity contribution < 1.29 is 14.6 Å². The van der Waals surface area contributed by atoms with Crippen LogP contribution in [0.25, 0.3) is 0 Å². The van der Waals surface area contributed by atoms with Gasteiger partial charge in [0.25, 0.3) is 5.91 Å². The molecule has 0 saturated carbocycles. The molecular formula is C15H19NO3. The van der Waals surface area contributed by atoms with E-state index < -0.39 is 0 Å². The van der Waals surface area contributed by atoms with Gasteiger partial charge in [0.2, 0.25) is 0 Å². The Labute approximate surface area is 114 Å². The number of aliphatic hydroxyl groups is 1. The first-order chi connectivity index (χ1) is 9.10. The molecule has 0 radical (unpaired) electrons. The Bertz CT molecular complexity index is 500. The molecule has 0 atom stereocenters. The maximum absolute atomic E-state index is 12.3. The summed E-state index contributed by atoms with van der Waals surface area (Å²) in [5, 5.41) is 8.77. The Morgan fingerprint density at radius 2 is 2.21 bits per heavy atom. The Hall–Kier alpha value is -1.83. The third-order valence-corrected chi connectivity index (χ3v) is 2.69. The van der Waals surface area contributed by atoms with Gasteiger partial charge in [-0.05, 0) is 24.6 Å². The summed E-state index contributed by atoms with van der Waals surface area (Å²) < 4.78 is 4.96. The summed E-state index contributed by atoms with van der Waals surface area (Å²) in [6.45, 7) is 2.73. The van der Waals surface area contributed by atoms with Crippen LogP contribution in [0.1, 0.15) is 21.5 Å². The molecule has 0 aromatic heterocycles. The monoisotopic (exact) mass is 261 g/mol. The molecular weight excluding hydrogens is 242 g/mol. The molecule has 1 rings (SSSR count). The number of amides is 1. The van der Waals surface area contributed by atoms with Crippen molar-refractivity contribution in [2.45, 2.75) is 6.92 Å². The third kappa shape index (κ3) is 4.40. The molecule has 1 aromatic carbocycles. The quantitative estimate of drug-likeness (QED) is 0.824. The zero-order valence-corrected chi connectivity index (χ0v) is 11.6. The molecule has 0 heterocycles. The molecule has 1 aromatic rings. The predicted molar refractivity (Wildman–Crippen MR) is 74.0 cm³/mol. The SMILES string of the molecule is COCCN(C)C(=O)c1ccc(C)cc1C#CCO. The molecule has 0 bridgehead atoms. The molecule has 19 heavy (non-hydrogen) atoms. The predicted octanol–water partition coefficient (Wildman–Crippen LogP) is 1.06. The van der Waals surface area contributed by atoms with E-state index in [9.17, 15) is 4.79 Å². The molecule has 1 N–H and O–H groups in total. The fourth-order valence-electron chi connectivity index (χ4n) is 1.62. The van der Waals surface area contributed by atoms with Crippen molar-refractivity contribution in [1.82, 2.24) is 4.90 Å². The van der Waals surface area contributed by atoms with E-state index in [0.29, 0.717) is 24.3 Å². The summed E-state index contributed by atoms with van der Waals surface area (Å²) in [6, 6.07) is 5.49. The van der Waals surface area contributed by atoms with E-state index >= 15 is 0 Å². The number of hydrogen-bond donors (Lipinski definition) is 1. The minimum atomic E-state index is -0.221. The van der Waals surface area contributed by atoms with Crippen LogP contribution in [-0.4, -0.2) is 49.8 Å². The van der Waals surface area contributed by atoms with Crippen LogP contribution in [0.5, 0.6) is 0 Å². The molecule has 0 aliphatic rings. The molecule has 0 aliphatic carbocycles. The number of ether oxygens (including phenoxy) is 1. The van der Waals surface area contributed by atoms with Gasteiger partial charge in [0, 0.05) is 26.3 Å². The zero-order chi connectivity index (χ0) is 14.3. The second-order valence-corrected chi connectivity index (χ2v) is 4.23. The highest BCUT2D eigenvalue weighted by Crippen LogP contribution is 2.13. The van der Waals surface area contributed by atoms with Crippen molar-refractivity contribution in [2.75, 3.05) is 33.9 Å². The van der Waals surface area contributed by atoms with Gasteiger partial charge in [-0.2, -0.15) is 0 Å². The second kappa shape index (κ2) is 7.57. The molecule has 4 nitrogen and oxygen atoms in total. The molecule has 4 heteroatoms. The summed E-state index contributed by atoms with van der Waals surface area (Å²) >= 11 is 0. The fourth-order valence-corrected chi connectivity index (χ4v) is 1.62. The van der Waals surface area contributed by atoms with Crippen LogP contribution in [-0.2, 0) is 4.74 Å². The summed E-state index contributed by atoms with van der Waals surface area (Å²) in [7, 11) is 3.33. The number of rotatable bonds is 4. The largest absolute Gasteiger partial charge is 0.384 e. The standard InChI is InChI=1S/C15H19NO3/c1-12-6-7-14(13(11-12)5-4-9-17)15(18)16(2)8-10-19-3/h6-7,11,17H,8-10H2,1-3H3. The van der Waals surface area contributed by atoms with Gasteiger partial charge in [0.1, 0.15) is 6.61 Å². The lowest BCUT2D eigenvalue weighted by Gasteiger charge is -2.17. The van der Waals surface area contributed by atoms with Crippen molar-refractivity contribution in [3.63, 3.8) is 0 Å². The van der Waals surface area contributed by atoms with E-state index in [1.54, 1.807) is 25.1 Å². The highest BCUT2D eigenvalue weighted by Gasteiger charge is 2.14. The average Bonchev–Trinajstić information content (AvgIpc) is 2.41. The Morgan fingerprint density at radius 3 is 2.84 bits per heavy atom. The summed E-state index contributed by atoms with van der Waals surface area (Å²) in [5.41, 5.74) is 2.21. The van der Waals surface area contributed by atoms with E-state index in [1.165, 1.54) is 0 Å². The van der Waals surface area contributed by atoms with Crippen LogP contribution in [0.4, 0.5) is 0 Å². The van der Waals surface area contributed by atoms with Crippen LogP contribution in [0.15, 0.2) is 18.2 Å².